The van der Waals surface area contributed by atoms with Crippen molar-refractivity contribution < 1.29 is 4.92 Å². The van der Waals surface area contributed by atoms with Crippen LogP contribution in [0.1, 0.15) is 31.2 Å². The van der Waals surface area contributed by atoms with Gasteiger partial charge >= 0.3 is 0 Å². The van der Waals surface area contributed by atoms with Crippen molar-refractivity contribution in [2.75, 3.05) is 11.9 Å². The van der Waals surface area contributed by atoms with Gasteiger partial charge in [-0.25, -0.2) is 0 Å². The fraction of sp³-hybridized carbons (Fsp3) is 0.571. The fourth-order valence-corrected chi connectivity index (χ4v) is 2.76. The van der Waals surface area contributed by atoms with Crippen molar-refractivity contribution in [3.8, 4) is 0 Å². The largest absolute Gasteiger partial charge is 0.372 e. The Morgan fingerprint density at radius 3 is 2.47 bits per heavy atom. The predicted molar refractivity (Wildman–Crippen MR) is 76.5 cm³/mol. The first-order chi connectivity index (χ1) is 8.99. The first kappa shape index (κ1) is 13.8. The summed E-state index contributed by atoms with van der Waals surface area (Å²) >= 11 is 0. The SMILES string of the molecule is Cc1cc(N(C)C2CCC(N)CC2)ccc1[N+](=O)[O-]. The quantitative estimate of drug-likeness (QED) is 0.672. The molecule has 19 heavy (non-hydrogen) atoms. The van der Waals surface area contributed by atoms with E-state index in [1.165, 1.54) is 0 Å². The first-order valence-electron chi connectivity index (χ1n) is 6.72. The lowest BCUT2D eigenvalue weighted by Crippen LogP contribution is -2.38. The number of nitrogens with zero attached hydrogens (tertiary/aromatic N) is 2. The Kier molecular flexibility index (Phi) is 4.04. The molecule has 0 spiro atoms. The number of aryl methyl sites for hydroxylation is 1. The highest BCUT2D eigenvalue weighted by Gasteiger charge is 2.23. The van der Waals surface area contributed by atoms with Gasteiger partial charge in [-0.1, -0.05) is 0 Å². The van der Waals surface area contributed by atoms with Gasteiger partial charge in [-0.2, -0.15) is 0 Å². The molecule has 1 aromatic rings. The number of benzene rings is 1. The predicted octanol–water partition coefficient (Wildman–Crippen LogP) is 2.61. The van der Waals surface area contributed by atoms with Crippen LogP contribution >= 0.6 is 0 Å². The van der Waals surface area contributed by atoms with Gasteiger partial charge in [-0.05, 0) is 44.7 Å². The van der Waals surface area contributed by atoms with Crippen LogP contribution < -0.4 is 10.6 Å². The van der Waals surface area contributed by atoms with Gasteiger partial charge in [0, 0.05) is 36.4 Å². The molecular weight excluding hydrogens is 242 g/mol. The van der Waals surface area contributed by atoms with E-state index in [-0.39, 0.29) is 10.6 Å². The van der Waals surface area contributed by atoms with E-state index in [0.717, 1.165) is 31.4 Å². The topological polar surface area (TPSA) is 72.4 Å². The molecule has 104 valence electrons. The summed E-state index contributed by atoms with van der Waals surface area (Å²) in [6, 6.07) is 6.14. The van der Waals surface area contributed by atoms with Crippen molar-refractivity contribution in [1.29, 1.82) is 0 Å². The minimum atomic E-state index is -0.335. The molecular formula is C14H21N3O2. The van der Waals surface area contributed by atoms with Gasteiger partial charge in [0.05, 0.1) is 4.92 Å². The van der Waals surface area contributed by atoms with Crippen molar-refractivity contribution in [2.24, 2.45) is 5.73 Å². The summed E-state index contributed by atoms with van der Waals surface area (Å²) in [5.41, 5.74) is 7.86. The van der Waals surface area contributed by atoms with Crippen LogP contribution in [0.25, 0.3) is 0 Å². The van der Waals surface area contributed by atoms with E-state index < -0.39 is 0 Å². The third-order valence-corrected chi connectivity index (χ3v) is 4.07. The van der Waals surface area contributed by atoms with E-state index in [4.69, 9.17) is 5.73 Å². The van der Waals surface area contributed by atoms with Crippen molar-refractivity contribution in [3.05, 3.63) is 33.9 Å². The van der Waals surface area contributed by atoms with Gasteiger partial charge in [-0.3, -0.25) is 10.1 Å². The number of hydrogen-bond acceptors (Lipinski definition) is 4. The summed E-state index contributed by atoms with van der Waals surface area (Å²) in [6.07, 6.45) is 4.29. The maximum absolute atomic E-state index is 10.8. The Balaban J connectivity index is 2.13. The average molecular weight is 263 g/mol. The number of anilines is 1. The number of nitro benzene ring substituents is 1. The average Bonchev–Trinajstić information content (AvgIpc) is 2.38. The highest BCUT2D eigenvalue weighted by molar-refractivity contribution is 5.55. The smallest absolute Gasteiger partial charge is 0.272 e. The molecule has 5 heteroatoms. The molecule has 0 bridgehead atoms. The molecule has 1 saturated carbocycles. The van der Waals surface area contributed by atoms with E-state index in [2.05, 4.69) is 11.9 Å². The van der Waals surface area contributed by atoms with Crippen molar-refractivity contribution in [2.45, 2.75) is 44.7 Å². The van der Waals surface area contributed by atoms with Crippen LogP contribution in [0.4, 0.5) is 11.4 Å². The second-order valence-electron chi connectivity index (χ2n) is 5.41. The van der Waals surface area contributed by atoms with Gasteiger partial charge < -0.3 is 10.6 Å². The van der Waals surface area contributed by atoms with Crippen molar-refractivity contribution in [3.63, 3.8) is 0 Å². The molecule has 0 atom stereocenters. The second-order valence-corrected chi connectivity index (χ2v) is 5.41. The van der Waals surface area contributed by atoms with Crippen LogP contribution in [0.5, 0.6) is 0 Å². The molecule has 2 N–H and O–H groups in total. The van der Waals surface area contributed by atoms with E-state index in [0.29, 0.717) is 17.6 Å². The zero-order valence-electron chi connectivity index (χ0n) is 11.5. The summed E-state index contributed by atoms with van der Waals surface area (Å²) in [7, 11) is 2.06. The summed E-state index contributed by atoms with van der Waals surface area (Å²) in [5, 5.41) is 10.8. The van der Waals surface area contributed by atoms with E-state index in [1.807, 2.05) is 12.1 Å². The molecule has 0 unspecified atom stereocenters. The molecule has 1 aliphatic carbocycles. The van der Waals surface area contributed by atoms with Gasteiger partial charge in [0.25, 0.3) is 5.69 Å². The molecule has 1 fully saturated rings. The highest BCUT2D eigenvalue weighted by Crippen LogP contribution is 2.29. The van der Waals surface area contributed by atoms with Gasteiger partial charge in [-0.15, -0.1) is 0 Å². The molecule has 0 aromatic heterocycles. The fourth-order valence-electron chi connectivity index (χ4n) is 2.76. The molecule has 0 aliphatic heterocycles. The molecule has 1 aliphatic rings. The van der Waals surface area contributed by atoms with Crippen molar-refractivity contribution in [1.82, 2.24) is 0 Å². The third kappa shape index (κ3) is 3.04. The Morgan fingerprint density at radius 1 is 1.32 bits per heavy atom. The third-order valence-electron chi connectivity index (χ3n) is 4.07. The normalized spacial score (nSPS) is 23.1. The second kappa shape index (κ2) is 5.57. The maximum Gasteiger partial charge on any atom is 0.272 e. The molecule has 0 radical (unpaired) electrons. The highest BCUT2D eigenvalue weighted by atomic mass is 16.6. The number of rotatable bonds is 3. The Bertz CT molecular complexity index is 468. The number of nitro groups is 1. The standard InChI is InChI=1S/C14H21N3O2/c1-10-9-13(7-8-14(10)17(18)19)16(2)12-5-3-11(15)4-6-12/h7-9,11-12H,3-6,15H2,1-2H3. The maximum atomic E-state index is 10.8. The minimum absolute atomic E-state index is 0.183. The number of nitrogens with two attached hydrogens (primary N) is 1. The monoisotopic (exact) mass is 263 g/mol. The van der Waals surface area contributed by atoms with Crippen LogP contribution in [0.2, 0.25) is 0 Å². The van der Waals surface area contributed by atoms with Gasteiger partial charge in [0.2, 0.25) is 0 Å². The molecule has 0 heterocycles. The molecule has 5 nitrogen and oxygen atoms in total. The Hall–Kier alpha value is -1.62. The number of hydrogen-bond donors (Lipinski definition) is 1. The molecule has 0 saturated heterocycles. The lowest BCUT2D eigenvalue weighted by molar-refractivity contribution is -0.385. The Labute approximate surface area is 113 Å². The van der Waals surface area contributed by atoms with Crippen LogP contribution in [-0.2, 0) is 0 Å². The van der Waals surface area contributed by atoms with E-state index >= 15 is 0 Å². The van der Waals surface area contributed by atoms with E-state index in [9.17, 15) is 10.1 Å². The van der Waals surface area contributed by atoms with Crippen LogP contribution in [0.15, 0.2) is 18.2 Å². The van der Waals surface area contributed by atoms with Gasteiger partial charge in [0.1, 0.15) is 0 Å². The summed E-state index contributed by atoms with van der Waals surface area (Å²) in [5.74, 6) is 0. The Morgan fingerprint density at radius 2 is 1.95 bits per heavy atom. The lowest BCUT2D eigenvalue weighted by atomic mass is 9.90. The molecule has 1 aromatic carbocycles. The van der Waals surface area contributed by atoms with Crippen molar-refractivity contribution >= 4 is 11.4 Å². The molecule has 2 rings (SSSR count). The molecule has 0 amide bonds. The summed E-state index contributed by atoms with van der Waals surface area (Å²) in [6.45, 7) is 1.78. The van der Waals surface area contributed by atoms with Gasteiger partial charge in [0.15, 0.2) is 0 Å². The van der Waals surface area contributed by atoms with E-state index in [1.54, 1.807) is 13.0 Å². The summed E-state index contributed by atoms with van der Waals surface area (Å²) < 4.78 is 0. The zero-order valence-corrected chi connectivity index (χ0v) is 11.5. The summed E-state index contributed by atoms with van der Waals surface area (Å²) in [4.78, 5) is 12.7. The minimum Gasteiger partial charge on any atom is -0.372 e. The first-order valence-corrected chi connectivity index (χ1v) is 6.72. The van der Waals surface area contributed by atoms with Crippen LogP contribution in [0.3, 0.4) is 0 Å². The lowest BCUT2D eigenvalue weighted by Gasteiger charge is -2.35. The van der Waals surface area contributed by atoms with Crippen LogP contribution in [-0.4, -0.2) is 24.1 Å². The zero-order chi connectivity index (χ0) is 14.0. The van der Waals surface area contributed by atoms with Crippen LogP contribution in [0, 0.1) is 17.0 Å².